The van der Waals surface area contributed by atoms with Crippen molar-refractivity contribution < 1.29 is 4.79 Å². The predicted octanol–water partition coefficient (Wildman–Crippen LogP) is 1.62. The molecule has 5 heteroatoms. The Morgan fingerprint density at radius 3 is 2.90 bits per heavy atom. The summed E-state index contributed by atoms with van der Waals surface area (Å²) >= 11 is 0. The van der Waals surface area contributed by atoms with Crippen molar-refractivity contribution in [2.75, 3.05) is 26.7 Å². The first-order chi connectivity index (χ1) is 9.52. The van der Waals surface area contributed by atoms with Crippen LogP contribution in [-0.4, -0.2) is 47.3 Å². The van der Waals surface area contributed by atoms with Crippen LogP contribution >= 0.6 is 0 Å². The highest BCUT2D eigenvalue weighted by Crippen LogP contribution is 2.20. The van der Waals surface area contributed by atoms with Crippen LogP contribution in [0.15, 0.2) is 6.07 Å². The standard InChI is InChI=1S/C15H26N4O/c1-11(2)13-8-14(18(4)17-13)15(20)19-7-5-6-12(10-19)9-16-3/h8,11-12,16H,5-7,9-10H2,1-4H3. The molecule has 0 radical (unpaired) electrons. The Morgan fingerprint density at radius 2 is 2.30 bits per heavy atom. The van der Waals surface area contributed by atoms with Gasteiger partial charge in [-0.3, -0.25) is 9.48 Å². The summed E-state index contributed by atoms with van der Waals surface area (Å²) in [5.74, 6) is 1.03. The van der Waals surface area contributed by atoms with Crippen molar-refractivity contribution in [3.8, 4) is 0 Å². The van der Waals surface area contributed by atoms with E-state index >= 15 is 0 Å². The first-order valence-corrected chi connectivity index (χ1v) is 7.50. The Morgan fingerprint density at radius 1 is 1.55 bits per heavy atom. The van der Waals surface area contributed by atoms with Crippen molar-refractivity contribution in [2.24, 2.45) is 13.0 Å². The molecule has 1 amide bonds. The number of amides is 1. The SMILES string of the molecule is CNCC1CCCN(C(=O)c2cc(C(C)C)nn2C)C1. The summed E-state index contributed by atoms with van der Waals surface area (Å²) in [6.45, 7) is 6.89. The summed E-state index contributed by atoms with van der Waals surface area (Å²) in [7, 11) is 3.82. The number of rotatable bonds is 4. The molecule has 112 valence electrons. The largest absolute Gasteiger partial charge is 0.337 e. The average Bonchev–Trinajstić information content (AvgIpc) is 2.81. The molecule has 0 saturated carbocycles. The second-order valence-electron chi connectivity index (χ2n) is 6.05. The highest BCUT2D eigenvalue weighted by molar-refractivity contribution is 5.92. The van der Waals surface area contributed by atoms with Gasteiger partial charge in [-0.2, -0.15) is 5.10 Å². The van der Waals surface area contributed by atoms with Crippen LogP contribution in [0.25, 0.3) is 0 Å². The zero-order chi connectivity index (χ0) is 14.7. The van der Waals surface area contributed by atoms with Crippen LogP contribution in [0, 0.1) is 5.92 Å². The molecule has 1 fully saturated rings. The molecule has 1 aromatic heterocycles. The Bertz CT molecular complexity index is 464. The summed E-state index contributed by atoms with van der Waals surface area (Å²) in [6.07, 6.45) is 2.29. The van der Waals surface area contributed by atoms with Crippen molar-refractivity contribution in [1.29, 1.82) is 0 Å². The Kier molecular flexibility index (Phi) is 4.81. The number of aromatic nitrogens is 2. The van der Waals surface area contributed by atoms with E-state index in [4.69, 9.17) is 0 Å². The van der Waals surface area contributed by atoms with Gasteiger partial charge >= 0.3 is 0 Å². The van der Waals surface area contributed by atoms with Crippen LogP contribution < -0.4 is 5.32 Å². The third-order valence-electron chi connectivity index (χ3n) is 4.01. The molecule has 1 N–H and O–H groups in total. The van der Waals surface area contributed by atoms with Crippen LogP contribution in [0.4, 0.5) is 0 Å². The van der Waals surface area contributed by atoms with Crippen LogP contribution in [0.5, 0.6) is 0 Å². The topological polar surface area (TPSA) is 50.2 Å². The van der Waals surface area contributed by atoms with Crippen LogP contribution in [0.1, 0.15) is 48.8 Å². The molecule has 2 rings (SSSR count). The van der Waals surface area contributed by atoms with Gasteiger partial charge in [0.15, 0.2) is 0 Å². The second kappa shape index (κ2) is 6.39. The van der Waals surface area contributed by atoms with Gasteiger partial charge in [-0.05, 0) is 44.3 Å². The maximum absolute atomic E-state index is 12.7. The zero-order valence-corrected chi connectivity index (χ0v) is 13.0. The van der Waals surface area contributed by atoms with Crippen molar-refractivity contribution in [2.45, 2.75) is 32.6 Å². The fraction of sp³-hybridized carbons (Fsp3) is 0.733. The Labute approximate surface area is 121 Å². The second-order valence-corrected chi connectivity index (χ2v) is 6.05. The van der Waals surface area contributed by atoms with Gasteiger partial charge < -0.3 is 10.2 Å². The van der Waals surface area contributed by atoms with E-state index in [0.717, 1.165) is 31.7 Å². The van der Waals surface area contributed by atoms with Crippen molar-refractivity contribution >= 4 is 5.91 Å². The number of carbonyl (C=O) groups excluding carboxylic acids is 1. The van der Waals surface area contributed by atoms with E-state index in [-0.39, 0.29) is 5.91 Å². The number of likely N-dealkylation sites (tertiary alicyclic amines) is 1. The number of aryl methyl sites for hydroxylation is 1. The molecule has 1 atom stereocenters. The molecule has 0 aliphatic carbocycles. The minimum absolute atomic E-state index is 0.118. The summed E-state index contributed by atoms with van der Waals surface area (Å²) < 4.78 is 1.72. The number of piperidine rings is 1. The number of nitrogens with zero attached hydrogens (tertiary/aromatic N) is 3. The summed E-state index contributed by atoms with van der Waals surface area (Å²) in [5.41, 5.74) is 1.69. The molecule has 1 aliphatic heterocycles. The molecular formula is C15H26N4O. The highest BCUT2D eigenvalue weighted by Gasteiger charge is 2.26. The number of hydrogen-bond donors (Lipinski definition) is 1. The van der Waals surface area contributed by atoms with E-state index in [1.54, 1.807) is 4.68 Å². The Balaban J connectivity index is 2.10. The average molecular weight is 278 g/mol. The van der Waals surface area contributed by atoms with Gasteiger partial charge in [0.2, 0.25) is 0 Å². The van der Waals surface area contributed by atoms with Gasteiger partial charge in [0, 0.05) is 20.1 Å². The number of carbonyl (C=O) groups is 1. The van der Waals surface area contributed by atoms with E-state index in [1.165, 1.54) is 6.42 Å². The third-order valence-corrected chi connectivity index (χ3v) is 4.01. The third kappa shape index (κ3) is 3.20. The molecule has 20 heavy (non-hydrogen) atoms. The number of hydrogen-bond acceptors (Lipinski definition) is 3. The van der Waals surface area contributed by atoms with Gasteiger partial charge in [0.05, 0.1) is 5.69 Å². The minimum Gasteiger partial charge on any atom is -0.337 e. The van der Waals surface area contributed by atoms with Crippen molar-refractivity contribution in [3.05, 3.63) is 17.5 Å². The molecule has 0 spiro atoms. The first-order valence-electron chi connectivity index (χ1n) is 7.50. The summed E-state index contributed by atoms with van der Waals surface area (Å²) in [4.78, 5) is 14.6. The maximum Gasteiger partial charge on any atom is 0.272 e. The molecule has 5 nitrogen and oxygen atoms in total. The van der Waals surface area contributed by atoms with Crippen LogP contribution in [0.2, 0.25) is 0 Å². The van der Waals surface area contributed by atoms with Gasteiger partial charge in [0.25, 0.3) is 5.91 Å². The van der Waals surface area contributed by atoms with E-state index in [2.05, 4.69) is 24.3 Å². The lowest BCUT2D eigenvalue weighted by molar-refractivity contribution is 0.0663. The van der Waals surface area contributed by atoms with E-state index < -0.39 is 0 Å². The lowest BCUT2D eigenvalue weighted by Gasteiger charge is -2.32. The van der Waals surface area contributed by atoms with Gasteiger partial charge in [-0.15, -0.1) is 0 Å². The van der Waals surface area contributed by atoms with E-state index in [0.29, 0.717) is 17.5 Å². The van der Waals surface area contributed by atoms with Gasteiger partial charge in [-0.25, -0.2) is 0 Å². The molecular weight excluding hydrogens is 252 g/mol. The normalized spacial score (nSPS) is 19.6. The molecule has 1 saturated heterocycles. The molecule has 2 heterocycles. The monoisotopic (exact) mass is 278 g/mol. The fourth-order valence-electron chi connectivity index (χ4n) is 2.84. The molecule has 1 aromatic rings. The maximum atomic E-state index is 12.7. The molecule has 1 unspecified atom stereocenters. The zero-order valence-electron chi connectivity index (χ0n) is 13.0. The lowest BCUT2D eigenvalue weighted by atomic mass is 9.97. The lowest BCUT2D eigenvalue weighted by Crippen LogP contribution is -2.43. The van der Waals surface area contributed by atoms with Crippen molar-refractivity contribution in [3.63, 3.8) is 0 Å². The Hall–Kier alpha value is -1.36. The minimum atomic E-state index is 0.118. The van der Waals surface area contributed by atoms with Gasteiger partial charge in [0.1, 0.15) is 5.69 Å². The van der Waals surface area contributed by atoms with E-state index in [9.17, 15) is 4.79 Å². The summed E-state index contributed by atoms with van der Waals surface area (Å²) in [5, 5.41) is 7.65. The van der Waals surface area contributed by atoms with E-state index in [1.807, 2.05) is 25.1 Å². The quantitative estimate of drug-likeness (QED) is 0.910. The van der Waals surface area contributed by atoms with Crippen molar-refractivity contribution in [1.82, 2.24) is 20.0 Å². The van der Waals surface area contributed by atoms with Crippen LogP contribution in [0.3, 0.4) is 0 Å². The highest BCUT2D eigenvalue weighted by atomic mass is 16.2. The van der Waals surface area contributed by atoms with Gasteiger partial charge in [-0.1, -0.05) is 13.8 Å². The fourth-order valence-corrected chi connectivity index (χ4v) is 2.84. The first kappa shape index (κ1) is 15.0. The molecule has 0 bridgehead atoms. The smallest absolute Gasteiger partial charge is 0.272 e. The molecule has 1 aliphatic rings. The predicted molar refractivity (Wildman–Crippen MR) is 79.9 cm³/mol. The molecule has 0 aromatic carbocycles. The number of nitrogens with one attached hydrogen (secondary N) is 1. The summed E-state index contributed by atoms with van der Waals surface area (Å²) in [6, 6.07) is 1.94. The van der Waals surface area contributed by atoms with Crippen LogP contribution in [-0.2, 0) is 7.05 Å².